The summed E-state index contributed by atoms with van der Waals surface area (Å²) in [5.41, 5.74) is 1.93. The van der Waals surface area contributed by atoms with Gasteiger partial charge in [0.15, 0.2) is 0 Å². The number of nitrogens with zero attached hydrogens (tertiary/aromatic N) is 2. The summed E-state index contributed by atoms with van der Waals surface area (Å²) in [6.07, 6.45) is 1.79. The number of halogens is 1. The number of hydrogen-bond donors (Lipinski definition) is 0. The van der Waals surface area contributed by atoms with E-state index < -0.39 is 0 Å². The third-order valence-corrected chi connectivity index (χ3v) is 3.31. The summed E-state index contributed by atoms with van der Waals surface area (Å²) < 4.78 is 1.04. The molecule has 2 rings (SSSR count). The molecule has 2 heterocycles. The lowest BCUT2D eigenvalue weighted by molar-refractivity contribution is 1.18. The molecule has 66 valence electrons. The number of rotatable bonds is 1. The molecule has 0 radical (unpaired) electrons. The Morgan fingerprint density at radius 3 is 2.85 bits per heavy atom. The van der Waals surface area contributed by atoms with Gasteiger partial charge in [-0.3, -0.25) is 0 Å². The standard InChI is InChI=1S/C9H7BrN2S/c1-6-7(10)2-3-8(12-6)9-11-4-5-13-9/h2-5H,1H3. The van der Waals surface area contributed by atoms with E-state index in [4.69, 9.17) is 0 Å². The van der Waals surface area contributed by atoms with Crippen molar-refractivity contribution in [3.05, 3.63) is 33.9 Å². The highest BCUT2D eigenvalue weighted by Gasteiger charge is 2.03. The Hall–Kier alpha value is -0.740. The fourth-order valence-electron chi connectivity index (χ4n) is 1.01. The van der Waals surface area contributed by atoms with Gasteiger partial charge in [-0.1, -0.05) is 0 Å². The molecule has 4 heteroatoms. The van der Waals surface area contributed by atoms with E-state index >= 15 is 0 Å². The Balaban J connectivity index is 2.49. The van der Waals surface area contributed by atoms with Crippen LogP contribution in [0.5, 0.6) is 0 Å². The van der Waals surface area contributed by atoms with Crippen LogP contribution in [-0.4, -0.2) is 9.97 Å². The summed E-state index contributed by atoms with van der Waals surface area (Å²) in [7, 11) is 0. The maximum absolute atomic E-state index is 4.42. The predicted octanol–water partition coefficient (Wildman–Crippen LogP) is 3.28. The lowest BCUT2D eigenvalue weighted by atomic mass is 10.3. The highest BCUT2D eigenvalue weighted by Crippen LogP contribution is 2.22. The smallest absolute Gasteiger partial charge is 0.141 e. The van der Waals surface area contributed by atoms with Crippen LogP contribution in [0.2, 0.25) is 0 Å². The monoisotopic (exact) mass is 254 g/mol. The molecule has 0 unspecified atom stereocenters. The van der Waals surface area contributed by atoms with Crippen LogP contribution in [0.3, 0.4) is 0 Å². The van der Waals surface area contributed by atoms with E-state index in [1.165, 1.54) is 0 Å². The molecule has 0 atom stereocenters. The van der Waals surface area contributed by atoms with Crippen LogP contribution in [0.4, 0.5) is 0 Å². The van der Waals surface area contributed by atoms with Gasteiger partial charge in [-0.15, -0.1) is 11.3 Å². The summed E-state index contributed by atoms with van der Waals surface area (Å²) >= 11 is 5.01. The molecule has 0 saturated heterocycles. The first-order chi connectivity index (χ1) is 6.27. The summed E-state index contributed by atoms with van der Waals surface area (Å²) in [4.78, 5) is 8.61. The van der Waals surface area contributed by atoms with Crippen LogP contribution in [0.1, 0.15) is 5.69 Å². The van der Waals surface area contributed by atoms with Crippen molar-refractivity contribution in [1.82, 2.24) is 9.97 Å². The first-order valence-corrected chi connectivity index (χ1v) is 5.47. The van der Waals surface area contributed by atoms with E-state index in [1.54, 1.807) is 17.5 Å². The van der Waals surface area contributed by atoms with Crippen molar-refractivity contribution in [1.29, 1.82) is 0 Å². The fraction of sp³-hybridized carbons (Fsp3) is 0.111. The van der Waals surface area contributed by atoms with Gasteiger partial charge in [0, 0.05) is 16.0 Å². The molecule has 13 heavy (non-hydrogen) atoms. The van der Waals surface area contributed by atoms with E-state index in [0.717, 1.165) is 20.9 Å². The van der Waals surface area contributed by atoms with Gasteiger partial charge in [-0.05, 0) is 35.0 Å². The van der Waals surface area contributed by atoms with E-state index in [0.29, 0.717) is 0 Å². The molecule has 0 N–H and O–H groups in total. The Bertz CT molecular complexity index is 412. The van der Waals surface area contributed by atoms with Gasteiger partial charge in [-0.2, -0.15) is 0 Å². The van der Waals surface area contributed by atoms with E-state index in [1.807, 2.05) is 24.4 Å². The van der Waals surface area contributed by atoms with Gasteiger partial charge < -0.3 is 0 Å². The Kier molecular flexibility index (Phi) is 2.42. The number of aryl methyl sites for hydroxylation is 1. The van der Waals surface area contributed by atoms with Crippen LogP contribution in [0.25, 0.3) is 10.7 Å². The third kappa shape index (κ3) is 1.78. The molecule has 0 aliphatic rings. The number of aromatic nitrogens is 2. The second-order valence-electron chi connectivity index (χ2n) is 2.60. The topological polar surface area (TPSA) is 25.8 Å². The predicted molar refractivity (Wildman–Crippen MR) is 57.8 cm³/mol. The molecule has 0 aliphatic carbocycles. The van der Waals surface area contributed by atoms with Crippen LogP contribution >= 0.6 is 27.3 Å². The van der Waals surface area contributed by atoms with Gasteiger partial charge in [-0.25, -0.2) is 9.97 Å². The molecule has 0 fully saturated rings. The van der Waals surface area contributed by atoms with Gasteiger partial charge in [0.05, 0.1) is 11.4 Å². The zero-order valence-corrected chi connectivity index (χ0v) is 9.39. The maximum atomic E-state index is 4.42. The molecule has 2 aromatic rings. The summed E-state index contributed by atoms with van der Waals surface area (Å²) in [6, 6.07) is 3.97. The van der Waals surface area contributed by atoms with Crippen molar-refractivity contribution < 1.29 is 0 Å². The van der Waals surface area contributed by atoms with E-state index in [-0.39, 0.29) is 0 Å². The van der Waals surface area contributed by atoms with Gasteiger partial charge in [0.2, 0.25) is 0 Å². The quantitative estimate of drug-likeness (QED) is 0.781. The lowest BCUT2D eigenvalue weighted by Crippen LogP contribution is -1.86. The van der Waals surface area contributed by atoms with Crippen LogP contribution in [0, 0.1) is 6.92 Å². The molecular formula is C9H7BrN2S. The lowest BCUT2D eigenvalue weighted by Gasteiger charge is -1.99. The van der Waals surface area contributed by atoms with Crippen LogP contribution in [0.15, 0.2) is 28.2 Å². The maximum Gasteiger partial charge on any atom is 0.141 e. The van der Waals surface area contributed by atoms with E-state index in [9.17, 15) is 0 Å². The highest BCUT2D eigenvalue weighted by molar-refractivity contribution is 9.10. The minimum absolute atomic E-state index is 0.940. The van der Waals surface area contributed by atoms with Crippen molar-refractivity contribution in [3.63, 3.8) is 0 Å². The molecule has 0 spiro atoms. The average molecular weight is 255 g/mol. The SMILES string of the molecule is Cc1nc(-c2nccs2)ccc1Br. The van der Waals surface area contributed by atoms with Crippen molar-refractivity contribution in [2.24, 2.45) is 0 Å². The highest BCUT2D eigenvalue weighted by atomic mass is 79.9. The summed E-state index contributed by atoms with van der Waals surface area (Å²) in [6.45, 7) is 1.97. The van der Waals surface area contributed by atoms with Crippen LogP contribution in [-0.2, 0) is 0 Å². The molecule has 0 saturated carbocycles. The molecule has 2 nitrogen and oxygen atoms in total. The van der Waals surface area contributed by atoms with Crippen molar-refractivity contribution in [2.75, 3.05) is 0 Å². The number of hydrogen-bond acceptors (Lipinski definition) is 3. The molecule has 0 aliphatic heterocycles. The molecule has 0 bridgehead atoms. The molecular weight excluding hydrogens is 248 g/mol. The third-order valence-electron chi connectivity index (χ3n) is 1.67. The minimum Gasteiger partial charge on any atom is -0.249 e. The minimum atomic E-state index is 0.940. The second kappa shape index (κ2) is 3.55. The zero-order valence-electron chi connectivity index (χ0n) is 6.99. The summed E-state index contributed by atoms with van der Waals surface area (Å²) in [5.74, 6) is 0. The Morgan fingerprint density at radius 2 is 2.23 bits per heavy atom. The molecule has 0 aromatic carbocycles. The largest absolute Gasteiger partial charge is 0.249 e. The Morgan fingerprint density at radius 1 is 1.38 bits per heavy atom. The van der Waals surface area contributed by atoms with Gasteiger partial charge >= 0.3 is 0 Å². The van der Waals surface area contributed by atoms with E-state index in [2.05, 4.69) is 25.9 Å². The van der Waals surface area contributed by atoms with Crippen molar-refractivity contribution in [2.45, 2.75) is 6.92 Å². The Labute approximate surface area is 88.8 Å². The van der Waals surface area contributed by atoms with Crippen molar-refractivity contribution in [3.8, 4) is 10.7 Å². The zero-order chi connectivity index (χ0) is 9.26. The normalized spacial score (nSPS) is 10.3. The average Bonchev–Trinajstić information content (AvgIpc) is 2.62. The first kappa shape index (κ1) is 8.84. The fourth-order valence-corrected chi connectivity index (χ4v) is 1.84. The van der Waals surface area contributed by atoms with Gasteiger partial charge in [0.1, 0.15) is 5.01 Å². The number of thiazole rings is 1. The van der Waals surface area contributed by atoms with Crippen LogP contribution < -0.4 is 0 Å². The van der Waals surface area contributed by atoms with Crippen molar-refractivity contribution >= 4 is 27.3 Å². The molecule has 0 amide bonds. The second-order valence-corrected chi connectivity index (χ2v) is 4.35. The van der Waals surface area contributed by atoms with Gasteiger partial charge in [0.25, 0.3) is 0 Å². The summed E-state index contributed by atoms with van der Waals surface area (Å²) in [5, 5.41) is 2.92. The number of pyridine rings is 1. The first-order valence-electron chi connectivity index (χ1n) is 3.80. The molecule has 2 aromatic heterocycles.